The summed E-state index contributed by atoms with van der Waals surface area (Å²) in [5.74, 6) is -11.9. The zero-order valence-electron chi connectivity index (χ0n) is 23.5. The Balaban J connectivity index is 5.11. The fourth-order valence-electron chi connectivity index (χ4n) is 5.06. The molecule has 0 rings (SSSR count). The molecule has 0 saturated carbocycles. The van der Waals surface area contributed by atoms with Gasteiger partial charge in [0, 0.05) is 0 Å². The first-order valence-electron chi connectivity index (χ1n) is 14.1. The van der Waals surface area contributed by atoms with Gasteiger partial charge in [0.1, 0.15) is 0 Å². The molecule has 0 bridgehead atoms. The highest BCUT2D eigenvalue weighted by Gasteiger charge is 2.29. The third-order valence-corrected chi connectivity index (χ3v) is 7.69. The van der Waals surface area contributed by atoms with E-state index in [1.165, 1.54) is 0 Å². The van der Waals surface area contributed by atoms with Gasteiger partial charge in [0.2, 0.25) is 0 Å². The summed E-state index contributed by atoms with van der Waals surface area (Å²) in [4.78, 5) is 69.7. The van der Waals surface area contributed by atoms with E-state index in [0.717, 1.165) is 0 Å². The molecule has 0 spiro atoms. The van der Waals surface area contributed by atoms with Crippen molar-refractivity contribution in [2.45, 2.75) is 104 Å². The maximum Gasteiger partial charge on any atom is 0.306 e. The fourth-order valence-corrected chi connectivity index (χ4v) is 5.06. The van der Waals surface area contributed by atoms with Gasteiger partial charge in [0.05, 0.1) is 35.5 Å². The van der Waals surface area contributed by atoms with Crippen LogP contribution in [0.5, 0.6) is 0 Å². The van der Waals surface area contributed by atoms with Crippen molar-refractivity contribution in [1.29, 1.82) is 0 Å². The lowest BCUT2D eigenvalue weighted by Crippen LogP contribution is -2.24. The molecular weight excluding hydrogens is 528 g/mol. The van der Waals surface area contributed by atoms with Gasteiger partial charge in [-0.3, -0.25) is 28.8 Å². The molecule has 12 nitrogen and oxygen atoms in total. The van der Waals surface area contributed by atoms with Crippen LogP contribution in [0.1, 0.15) is 104 Å². The van der Waals surface area contributed by atoms with Crippen LogP contribution in [0.2, 0.25) is 0 Å². The van der Waals surface area contributed by atoms with Gasteiger partial charge < -0.3 is 30.6 Å². The highest BCUT2D eigenvalue weighted by atomic mass is 16.4. The summed E-state index contributed by atoms with van der Waals surface area (Å²) in [5, 5.41) is 57.0. The summed E-state index contributed by atoms with van der Waals surface area (Å²) < 4.78 is 0. The van der Waals surface area contributed by atoms with Crippen LogP contribution in [0.15, 0.2) is 0 Å². The van der Waals surface area contributed by atoms with Crippen molar-refractivity contribution < 1.29 is 59.4 Å². The Labute approximate surface area is 234 Å². The number of aliphatic carboxylic acids is 6. The normalized spacial score (nSPS) is 15.8. The predicted octanol–water partition coefficient (Wildman–Crippen LogP) is 4.69. The van der Waals surface area contributed by atoms with Crippen molar-refractivity contribution in [3.63, 3.8) is 0 Å². The summed E-state index contributed by atoms with van der Waals surface area (Å²) in [7, 11) is 0. The van der Waals surface area contributed by atoms with Crippen molar-refractivity contribution >= 4 is 35.8 Å². The first-order valence-corrected chi connectivity index (χ1v) is 14.1. The number of carboxylic acid groups (broad SMARTS) is 6. The zero-order valence-corrected chi connectivity index (χ0v) is 23.5. The maximum absolute atomic E-state index is 11.8. The van der Waals surface area contributed by atoms with E-state index >= 15 is 0 Å². The Morgan fingerprint density at radius 3 is 0.550 bits per heavy atom. The van der Waals surface area contributed by atoms with Crippen molar-refractivity contribution in [3.8, 4) is 0 Å². The molecule has 40 heavy (non-hydrogen) atoms. The van der Waals surface area contributed by atoms with Gasteiger partial charge in [-0.2, -0.15) is 0 Å². The Hall–Kier alpha value is -3.18. The average Bonchev–Trinajstić information content (AvgIpc) is 2.85. The molecule has 0 amide bonds. The molecule has 0 aromatic heterocycles. The van der Waals surface area contributed by atoms with Crippen molar-refractivity contribution in [3.05, 3.63) is 0 Å². The van der Waals surface area contributed by atoms with Gasteiger partial charge in [-0.05, 0) is 77.0 Å². The van der Waals surface area contributed by atoms with E-state index in [-0.39, 0.29) is 64.2 Å². The summed E-state index contributed by atoms with van der Waals surface area (Å²) in [5.41, 5.74) is 0. The SMILES string of the molecule is CCCC(CCC(CCC(CCC(CCC(CCC(CCC)C(=O)O)C(=O)O)C(=O)O)C(=O)O)C(=O)O)C(=O)O. The van der Waals surface area contributed by atoms with Gasteiger partial charge in [-0.1, -0.05) is 26.7 Å². The standard InChI is InChI=1S/C28H46O12/c1-3-5-17(23(29)30)7-9-19(25(33)34)11-13-21(27(37)38)15-16-22(28(39)40)14-12-20(26(35)36)10-8-18(6-4-2)24(31)32/h17-22H,3-16H2,1-2H3,(H,29,30)(H,31,32)(H,33,34)(H,35,36)(H,37,38)(H,39,40). The summed E-state index contributed by atoms with van der Waals surface area (Å²) in [6.07, 6.45) is 2.50. The molecular formula is C28H46O12. The molecule has 230 valence electrons. The molecule has 6 N–H and O–H groups in total. The topological polar surface area (TPSA) is 224 Å². The van der Waals surface area contributed by atoms with E-state index in [0.29, 0.717) is 25.7 Å². The number of carbonyl (C=O) groups is 6. The average molecular weight is 575 g/mol. The molecule has 6 unspecified atom stereocenters. The molecule has 0 aromatic rings. The second-order valence-corrected chi connectivity index (χ2v) is 10.7. The highest BCUT2D eigenvalue weighted by molar-refractivity contribution is 5.73. The minimum atomic E-state index is -1.19. The van der Waals surface area contributed by atoms with Crippen LogP contribution in [0.3, 0.4) is 0 Å². The molecule has 0 saturated heterocycles. The second kappa shape index (κ2) is 19.8. The van der Waals surface area contributed by atoms with E-state index in [1.807, 2.05) is 13.8 Å². The molecule has 0 heterocycles. The van der Waals surface area contributed by atoms with Gasteiger partial charge in [-0.15, -0.1) is 0 Å². The predicted molar refractivity (Wildman–Crippen MR) is 143 cm³/mol. The van der Waals surface area contributed by atoms with E-state index in [4.69, 9.17) is 0 Å². The monoisotopic (exact) mass is 574 g/mol. The van der Waals surface area contributed by atoms with Crippen LogP contribution in [-0.4, -0.2) is 66.5 Å². The fraction of sp³-hybridized carbons (Fsp3) is 0.786. The number of rotatable bonds is 25. The minimum Gasteiger partial charge on any atom is -0.481 e. The zero-order chi connectivity index (χ0) is 30.8. The number of hydrogen-bond donors (Lipinski definition) is 6. The molecule has 0 aliphatic rings. The molecule has 6 atom stereocenters. The smallest absolute Gasteiger partial charge is 0.306 e. The Bertz CT molecular complexity index is 771. The molecule has 12 heteroatoms. The number of hydrogen-bond acceptors (Lipinski definition) is 6. The Kier molecular flexibility index (Phi) is 18.2. The quantitative estimate of drug-likeness (QED) is 0.0873. The first kappa shape index (κ1) is 36.8. The lowest BCUT2D eigenvalue weighted by atomic mass is 9.84. The van der Waals surface area contributed by atoms with Crippen LogP contribution >= 0.6 is 0 Å². The van der Waals surface area contributed by atoms with Crippen LogP contribution in [0, 0.1) is 35.5 Å². The summed E-state index contributed by atoms with van der Waals surface area (Å²) in [6, 6.07) is 0. The Morgan fingerprint density at radius 2 is 0.450 bits per heavy atom. The van der Waals surface area contributed by atoms with Gasteiger partial charge in [-0.25, -0.2) is 0 Å². The summed E-state index contributed by atoms with van der Waals surface area (Å²) >= 11 is 0. The van der Waals surface area contributed by atoms with Crippen LogP contribution in [-0.2, 0) is 28.8 Å². The third-order valence-electron chi connectivity index (χ3n) is 7.69. The summed E-state index contributed by atoms with van der Waals surface area (Å²) in [6.45, 7) is 3.66. The first-order chi connectivity index (χ1) is 18.7. The number of carboxylic acids is 6. The van der Waals surface area contributed by atoms with Crippen molar-refractivity contribution in [2.24, 2.45) is 35.5 Å². The van der Waals surface area contributed by atoms with E-state index in [1.54, 1.807) is 0 Å². The molecule has 0 aliphatic carbocycles. The van der Waals surface area contributed by atoms with Crippen LogP contribution in [0.4, 0.5) is 0 Å². The lowest BCUT2D eigenvalue weighted by Gasteiger charge is -2.20. The van der Waals surface area contributed by atoms with Gasteiger partial charge in [0.15, 0.2) is 0 Å². The minimum absolute atomic E-state index is 0.00605. The molecule has 0 radical (unpaired) electrons. The molecule has 0 aromatic carbocycles. The second-order valence-electron chi connectivity index (χ2n) is 10.7. The van der Waals surface area contributed by atoms with Gasteiger partial charge >= 0.3 is 35.8 Å². The largest absolute Gasteiger partial charge is 0.481 e. The van der Waals surface area contributed by atoms with E-state index in [2.05, 4.69) is 0 Å². The van der Waals surface area contributed by atoms with Crippen molar-refractivity contribution in [2.75, 3.05) is 0 Å². The highest BCUT2D eigenvalue weighted by Crippen LogP contribution is 2.28. The third kappa shape index (κ3) is 14.8. The van der Waals surface area contributed by atoms with Gasteiger partial charge in [0.25, 0.3) is 0 Å². The molecule has 0 aliphatic heterocycles. The van der Waals surface area contributed by atoms with Crippen LogP contribution in [0.25, 0.3) is 0 Å². The van der Waals surface area contributed by atoms with Crippen LogP contribution < -0.4 is 0 Å². The lowest BCUT2D eigenvalue weighted by molar-refractivity contribution is -0.147. The van der Waals surface area contributed by atoms with Crippen molar-refractivity contribution in [1.82, 2.24) is 0 Å². The maximum atomic E-state index is 11.8. The molecule has 0 fully saturated rings. The Morgan fingerprint density at radius 1 is 0.325 bits per heavy atom. The van der Waals surface area contributed by atoms with E-state index < -0.39 is 71.3 Å². The van der Waals surface area contributed by atoms with E-state index in [9.17, 15) is 59.4 Å².